The lowest BCUT2D eigenvalue weighted by Crippen LogP contribution is -2.50. The Balaban J connectivity index is 1.67. The second-order valence-electron chi connectivity index (χ2n) is 3.26. The fourth-order valence-corrected chi connectivity index (χ4v) is 1.45. The Kier molecular flexibility index (Phi) is 2.41. The van der Waals surface area contributed by atoms with Crippen molar-refractivity contribution in [3.63, 3.8) is 0 Å². The van der Waals surface area contributed by atoms with Gasteiger partial charge in [-0.2, -0.15) is 0 Å². The van der Waals surface area contributed by atoms with Gasteiger partial charge in [0.2, 0.25) is 0 Å². The highest BCUT2D eigenvalue weighted by Gasteiger charge is 2.23. The molecular weight excluding hydrogens is 142 g/mol. The molecule has 3 heteroatoms. The molecule has 2 fully saturated rings. The van der Waals surface area contributed by atoms with Crippen molar-refractivity contribution in [1.82, 2.24) is 5.32 Å². The quantitative estimate of drug-likeness (QED) is 0.619. The van der Waals surface area contributed by atoms with Crippen molar-refractivity contribution in [3.8, 4) is 0 Å². The molecule has 0 amide bonds. The maximum Gasteiger partial charge on any atom is 0.0828 e. The standard InChI is InChI=1S/C8H15NO2/c1-2-7(6-10-3-1)11-8-4-9-5-8/h7-9H,1-6H2. The van der Waals surface area contributed by atoms with Gasteiger partial charge in [0.15, 0.2) is 0 Å². The van der Waals surface area contributed by atoms with Crippen molar-refractivity contribution >= 4 is 0 Å². The second kappa shape index (κ2) is 3.52. The first-order valence-electron chi connectivity index (χ1n) is 4.39. The first kappa shape index (κ1) is 7.53. The summed E-state index contributed by atoms with van der Waals surface area (Å²) in [6.07, 6.45) is 3.17. The summed E-state index contributed by atoms with van der Waals surface area (Å²) in [7, 11) is 0. The van der Waals surface area contributed by atoms with Gasteiger partial charge in [-0.25, -0.2) is 0 Å². The van der Waals surface area contributed by atoms with Crippen LogP contribution in [0.1, 0.15) is 12.8 Å². The zero-order valence-electron chi connectivity index (χ0n) is 6.71. The van der Waals surface area contributed by atoms with E-state index in [4.69, 9.17) is 9.47 Å². The summed E-state index contributed by atoms with van der Waals surface area (Å²) in [5.74, 6) is 0. The summed E-state index contributed by atoms with van der Waals surface area (Å²) in [6, 6.07) is 0. The molecule has 64 valence electrons. The van der Waals surface area contributed by atoms with Crippen LogP contribution in [-0.4, -0.2) is 38.5 Å². The summed E-state index contributed by atoms with van der Waals surface area (Å²) in [5, 5.41) is 3.18. The minimum atomic E-state index is 0.371. The molecule has 2 heterocycles. The predicted molar refractivity (Wildman–Crippen MR) is 41.6 cm³/mol. The topological polar surface area (TPSA) is 30.5 Å². The molecule has 11 heavy (non-hydrogen) atoms. The highest BCUT2D eigenvalue weighted by molar-refractivity contribution is 4.77. The minimum Gasteiger partial charge on any atom is -0.379 e. The predicted octanol–water partition coefficient (Wildman–Crippen LogP) is 0.154. The van der Waals surface area contributed by atoms with Crippen molar-refractivity contribution in [2.45, 2.75) is 25.0 Å². The monoisotopic (exact) mass is 157 g/mol. The fraction of sp³-hybridized carbons (Fsp3) is 1.00. The molecule has 0 aromatic heterocycles. The van der Waals surface area contributed by atoms with Crippen LogP contribution < -0.4 is 5.32 Å². The van der Waals surface area contributed by atoms with Gasteiger partial charge in [0.1, 0.15) is 0 Å². The van der Waals surface area contributed by atoms with E-state index in [9.17, 15) is 0 Å². The van der Waals surface area contributed by atoms with Crippen LogP contribution in [0.4, 0.5) is 0 Å². The Hall–Kier alpha value is -0.120. The molecule has 0 radical (unpaired) electrons. The molecule has 1 N–H and O–H groups in total. The van der Waals surface area contributed by atoms with E-state index in [-0.39, 0.29) is 0 Å². The molecule has 2 saturated heterocycles. The summed E-state index contributed by atoms with van der Waals surface area (Å²) in [5.41, 5.74) is 0. The third-order valence-electron chi connectivity index (χ3n) is 2.25. The fourth-order valence-electron chi connectivity index (χ4n) is 1.45. The van der Waals surface area contributed by atoms with Gasteiger partial charge in [0, 0.05) is 19.7 Å². The molecule has 1 atom stereocenters. The SMILES string of the molecule is C1COCC(OC2CNC2)C1. The molecule has 2 rings (SSSR count). The summed E-state index contributed by atoms with van der Waals surface area (Å²) in [6.45, 7) is 3.77. The third-order valence-corrected chi connectivity index (χ3v) is 2.25. The number of ether oxygens (including phenoxy) is 2. The Morgan fingerprint density at radius 2 is 2.18 bits per heavy atom. The highest BCUT2D eigenvalue weighted by atomic mass is 16.5. The van der Waals surface area contributed by atoms with Gasteiger partial charge < -0.3 is 14.8 Å². The van der Waals surface area contributed by atoms with Crippen molar-refractivity contribution in [2.75, 3.05) is 26.3 Å². The molecule has 2 aliphatic heterocycles. The summed E-state index contributed by atoms with van der Waals surface area (Å²) < 4.78 is 11.0. The van der Waals surface area contributed by atoms with Crippen LogP contribution in [0.5, 0.6) is 0 Å². The van der Waals surface area contributed by atoms with Gasteiger partial charge in [-0.3, -0.25) is 0 Å². The second-order valence-corrected chi connectivity index (χ2v) is 3.26. The third kappa shape index (κ3) is 1.92. The Morgan fingerprint density at radius 3 is 2.73 bits per heavy atom. The van der Waals surface area contributed by atoms with Crippen LogP contribution >= 0.6 is 0 Å². The zero-order valence-corrected chi connectivity index (χ0v) is 6.71. The zero-order chi connectivity index (χ0) is 7.52. The lowest BCUT2D eigenvalue weighted by molar-refractivity contribution is -0.0969. The first-order chi connectivity index (χ1) is 5.45. The summed E-state index contributed by atoms with van der Waals surface area (Å²) >= 11 is 0. The van der Waals surface area contributed by atoms with Crippen LogP contribution in [0.15, 0.2) is 0 Å². The van der Waals surface area contributed by atoms with Crippen molar-refractivity contribution in [3.05, 3.63) is 0 Å². The first-order valence-corrected chi connectivity index (χ1v) is 4.39. The average Bonchev–Trinajstić information content (AvgIpc) is 1.99. The van der Waals surface area contributed by atoms with Crippen LogP contribution in [0.3, 0.4) is 0 Å². The molecule has 0 bridgehead atoms. The Bertz CT molecular complexity index is 119. The Morgan fingerprint density at radius 1 is 1.27 bits per heavy atom. The van der Waals surface area contributed by atoms with E-state index in [2.05, 4.69) is 5.32 Å². The lowest BCUT2D eigenvalue weighted by atomic mass is 10.1. The largest absolute Gasteiger partial charge is 0.379 e. The molecule has 0 saturated carbocycles. The molecule has 1 unspecified atom stereocenters. The molecule has 0 aromatic rings. The maximum atomic E-state index is 5.74. The van der Waals surface area contributed by atoms with Crippen molar-refractivity contribution < 1.29 is 9.47 Å². The van der Waals surface area contributed by atoms with Gasteiger partial charge >= 0.3 is 0 Å². The van der Waals surface area contributed by atoms with Gasteiger partial charge in [-0.15, -0.1) is 0 Å². The van der Waals surface area contributed by atoms with Gasteiger partial charge in [-0.05, 0) is 12.8 Å². The van der Waals surface area contributed by atoms with E-state index in [1.165, 1.54) is 6.42 Å². The number of hydrogen-bond acceptors (Lipinski definition) is 3. The molecule has 0 spiro atoms. The van der Waals surface area contributed by atoms with Gasteiger partial charge in [-0.1, -0.05) is 0 Å². The van der Waals surface area contributed by atoms with E-state index in [1.54, 1.807) is 0 Å². The number of nitrogens with one attached hydrogen (secondary N) is 1. The molecule has 2 aliphatic rings. The van der Waals surface area contributed by atoms with Gasteiger partial charge in [0.25, 0.3) is 0 Å². The molecule has 3 nitrogen and oxygen atoms in total. The van der Waals surface area contributed by atoms with Crippen LogP contribution in [0, 0.1) is 0 Å². The average molecular weight is 157 g/mol. The van der Waals surface area contributed by atoms with Crippen molar-refractivity contribution in [2.24, 2.45) is 0 Å². The van der Waals surface area contributed by atoms with E-state index in [0.29, 0.717) is 12.2 Å². The van der Waals surface area contributed by atoms with E-state index in [1.807, 2.05) is 0 Å². The number of rotatable bonds is 2. The lowest BCUT2D eigenvalue weighted by Gasteiger charge is -2.33. The van der Waals surface area contributed by atoms with E-state index in [0.717, 1.165) is 32.7 Å². The van der Waals surface area contributed by atoms with Crippen LogP contribution in [0.25, 0.3) is 0 Å². The number of hydrogen-bond donors (Lipinski definition) is 1. The van der Waals surface area contributed by atoms with E-state index >= 15 is 0 Å². The molecule has 0 aliphatic carbocycles. The van der Waals surface area contributed by atoms with Crippen LogP contribution in [-0.2, 0) is 9.47 Å². The summed E-state index contributed by atoms with van der Waals surface area (Å²) in [4.78, 5) is 0. The smallest absolute Gasteiger partial charge is 0.0828 e. The Labute approximate surface area is 67.1 Å². The normalized spacial score (nSPS) is 33.3. The minimum absolute atomic E-state index is 0.371. The molecular formula is C8H15NO2. The van der Waals surface area contributed by atoms with Crippen molar-refractivity contribution in [1.29, 1.82) is 0 Å². The van der Waals surface area contributed by atoms with Gasteiger partial charge in [0.05, 0.1) is 18.8 Å². The molecule has 0 aromatic carbocycles. The van der Waals surface area contributed by atoms with Crippen LogP contribution in [0.2, 0.25) is 0 Å². The highest BCUT2D eigenvalue weighted by Crippen LogP contribution is 2.13. The van der Waals surface area contributed by atoms with E-state index < -0.39 is 0 Å². The maximum absolute atomic E-state index is 5.74.